The molecular weight excluding hydrogens is 308 g/mol. The highest BCUT2D eigenvalue weighted by atomic mass is 35.5. The minimum absolute atomic E-state index is 0.100. The molecule has 6 nitrogen and oxygen atoms in total. The van der Waals surface area contributed by atoms with Crippen molar-refractivity contribution in [2.75, 3.05) is 0 Å². The van der Waals surface area contributed by atoms with Gasteiger partial charge in [0.1, 0.15) is 17.1 Å². The van der Waals surface area contributed by atoms with Crippen molar-refractivity contribution in [3.8, 4) is 5.75 Å². The number of hydrogen-bond acceptors (Lipinski definition) is 5. The number of nitrogens with one attached hydrogen (secondary N) is 1. The molecule has 2 N–H and O–H groups in total. The van der Waals surface area contributed by atoms with Gasteiger partial charge in [0, 0.05) is 16.7 Å². The maximum Gasteiger partial charge on any atom is 0.348 e. The van der Waals surface area contributed by atoms with Crippen molar-refractivity contribution in [3.63, 3.8) is 0 Å². The molecule has 0 spiro atoms. The van der Waals surface area contributed by atoms with Crippen molar-refractivity contribution in [1.29, 1.82) is 0 Å². The number of amides is 1. The van der Waals surface area contributed by atoms with E-state index in [1.54, 1.807) is 18.2 Å². The van der Waals surface area contributed by atoms with Gasteiger partial charge < -0.3 is 9.52 Å². The molecule has 0 saturated carbocycles. The number of aromatic hydroxyl groups is 1. The first-order valence-electron chi connectivity index (χ1n) is 6.33. The fraction of sp³-hybridized carbons (Fsp3) is 0.133. The lowest BCUT2D eigenvalue weighted by atomic mass is 10.2. The first-order chi connectivity index (χ1) is 10.4. The van der Waals surface area contributed by atoms with E-state index in [9.17, 15) is 14.7 Å². The summed E-state index contributed by atoms with van der Waals surface area (Å²) in [6.45, 7) is 3.01. The number of halogens is 1. The zero-order valence-corrected chi connectivity index (χ0v) is 12.6. The molecule has 7 heteroatoms. The zero-order chi connectivity index (χ0) is 16.3. The van der Waals surface area contributed by atoms with Crippen LogP contribution in [0.5, 0.6) is 5.75 Å². The summed E-state index contributed by atoms with van der Waals surface area (Å²) in [5.74, 6) is -0.466. The number of carbonyl (C=O) groups is 1. The molecular formula is C15H13ClN2O4. The van der Waals surface area contributed by atoms with Gasteiger partial charge in [0.25, 0.3) is 5.91 Å². The van der Waals surface area contributed by atoms with Crippen molar-refractivity contribution in [2.24, 2.45) is 5.10 Å². The molecule has 0 unspecified atom stereocenters. The molecule has 1 amide bonds. The number of hydrazone groups is 1. The van der Waals surface area contributed by atoms with Crippen LogP contribution in [0.25, 0.3) is 0 Å². The van der Waals surface area contributed by atoms with Crippen LogP contribution in [0.4, 0.5) is 0 Å². The summed E-state index contributed by atoms with van der Waals surface area (Å²) in [5.41, 5.74) is 1.92. The Morgan fingerprint density at radius 2 is 2.09 bits per heavy atom. The topological polar surface area (TPSA) is 91.9 Å². The quantitative estimate of drug-likeness (QED) is 0.671. The molecule has 0 saturated heterocycles. The van der Waals surface area contributed by atoms with Gasteiger partial charge in [0.2, 0.25) is 0 Å². The SMILES string of the molecule is CC(=NNC(=O)c1cccc(Cl)c1)c1c(O)cc(C)oc1=O. The number of carbonyl (C=O) groups excluding carboxylic acids is 1. The van der Waals surface area contributed by atoms with Crippen molar-refractivity contribution in [1.82, 2.24) is 5.43 Å². The number of rotatable bonds is 3. The second-order valence-electron chi connectivity index (χ2n) is 4.55. The van der Waals surface area contributed by atoms with Crippen LogP contribution in [-0.4, -0.2) is 16.7 Å². The molecule has 2 aromatic rings. The molecule has 0 fully saturated rings. The Balaban J connectivity index is 2.24. The molecule has 0 aliphatic heterocycles. The van der Waals surface area contributed by atoms with Crippen LogP contribution in [0, 0.1) is 6.92 Å². The lowest BCUT2D eigenvalue weighted by Crippen LogP contribution is -2.21. The van der Waals surface area contributed by atoms with Crippen LogP contribution in [0.15, 0.2) is 44.6 Å². The predicted molar refractivity (Wildman–Crippen MR) is 82.5 cm³/mol. The summed E-state index contributed by atoms with van der Waals surface area (Å²) in [4.78, 5) is 23.6. The number of aryl methyl sites for hydroxylation is 1. The molecule has 22 heavy (non-hydrogen) atoms. The summed E-state index contributed by atoms with van der Waals surface area (Å²) < 4.78 is 4.89. The Morgan fingerprint density at radius 3 is 2.73 bits per heavy atom. The Labute approximate surface area is 131 Å². The van der Waals surface area contributed by atoms with E-state index in [2.05, 4.69) is 10.5 Å². The molecule has 2 rings (SSSR count). The Bertz CT molecular complexity index is 811. The second kappa shape index (κ2) is 6.44. The largest absolute Gasteiger partial charge is 0.507 e. The maximum atomic E-state index is 11.9. The smallest absolute Gasteiger partial charge is 0.348 e. The van der Waals surface area contributed by atoms with Crippen LogP contribution < -0.4 is 11.1 Å². The molecule has 1 heterocycles. The van der Waals surface area contributed by atoms with Gasteiger partial charge in [0.05, 0.1) is 5.71 Å². The van der Waals surface area contributed by atoms with Gasteiger partial charge >= 0.3 is 5.63 Å². The Kier molecular flexibility index (Phi) is 4.62. The molecule has 1 aromatic carbocycles. The highest BCUT2D eigenvalue weighted by Gasteiger charge is 2.13. The monoisotopic (exact) mass is 320 g/mol. The molecule has 0 aliphatic carbocycles. The summed E-state index contributed by atoms with van der Waals surface area (Å²) in [7, 11) is 0. The minimum Gasteiger partial charge on any atom is -0.507 e. The average molecular weight is 321 g/mol. The lowest BCUT2D eigenvalue weighted by molar-refractivity contribution is 0.0954. The summed E-state index contributed by atoms with van der Waals surface area (Å²) in [5, 5.41) is 14.0. The lowest BCUT2D eigenvalue weighted by Gasteiger charge is -2.04. The maximum absolute atomic E-state index is 11.9. The van der Waals surface area contributed by atoms with Gasteiger partial charge in [-0.1, -0.05) is 17.7 Å². The number of hydrogen-bond donors (Lipinski definition) is 2. The molecule has 0 atom stereocenters. The Morgan fingerprint density at radius 1 is 1.36 bits per heavy atom. The Hall–Kier alpha value is -2.60. The standard InChI is InChI=1S/C15H13ClN2O4/c1-8-6-12(19)13(15(21)22-8)9(2)17-18-14(20)10-4-3-5-11(16)7-10/h3-7,19H,1-2H3,(H,18,20). The van der Waals surface area contributed by atoms with E-state index in [-0.39, 0.29) is 22.8 Å². The normalized spacial score (nSPS) is 11.3. The van der Waals surface area contributed by atoms with Gasteiger partial charge in [-0.15, -0.1) is 0 Å². The molecule has 0 bridgehead atoms. The van der Waals surface area contributed by atoms with Crippen molar-refractivity contribution in [3.05, 3.63) is 62.7 Å². The van der Waals surface area contributed by atoms with Gasteiger partial charge in [-0.3, -0.25) is 4.79 Å². The van der Waals surface area contributed by atoms with E-state index in [4.69, 9.17) is 16.0 Å². The van der Waals surface area contributed by atoms with E-state index < -0.39 is 11.5 Å². The first-order valence-corrected chi connectivity index (χ1v) is 6.70. The summed E-state index contributed by atoms with van der Waals surface area (Å²) in [6.07, 6.45) is 0. The second-order valence-corrected chi connectivity index (χ2v) is 4.99. The minimum atomic E-state index is -0.726. The van der Waals surface area contributed by atoms with E-state index >= 15 is 0 Å². The summed E-state index contributed by atoms with van der Waals surface area (Å²) >= 11 is 5.80. The molecule has 0 radical (unpaired) electrons. The van der Waals surface area contributed by atoms with Gasteiger partial charge in [-0.2, -0.15) is 5.10 Å². The fourth-order valence-corrected chi connectivity index (χ4v) is 2.00. The van der Waals surface area contributed by atoms with Gasteiger partial charge in [-0.05, 0) is 32.0 Å². The van der Waals surface area contributed by atoms with Crippen LogP contribution >= 0.6 is 11.6 Å². The van der Waals surface area contributed by atoms with E-state index in [1.807, 2.05) is 0 Å². The third-order valence-electron chi connectivity index (χ3n) is 2.83. The molecule has 1 aromatic heterocycles. The van der Waals surface area contributed by atoms with Crippen molar-refractivity contribution >= 4 is 23.2 Å². The van der Waals surface area contributed by atoms with E-state index in [1.165, 1.54) is 26.0 Å². The van der Waals surface area contributed by atoms with Crippen LogP contribution in [-0.2, 0) is 0 Å². The summed E-state index contributed by atoms with van der Waals surface area (Å²) in [6, 6.07) is 7.63. The van der Waals surface area contributed by atoms with E-state index in [0.29, 0.717) is 10.6 Å². The zero-order valence-electron chi connectivity index (χ0n) is 11.9. The van der Waals surface area contributed by atoms with Gasteiger partial charge in [0.15, 0.2) is 0 Å². The predicted octanol–water partition coefficient (Wildman–Crippen LogP) is 2.46. The van der Waals surface area contributed by atoms with Crippen molar-refractivity contribution in [2.45, 2.75) is 13.8 Å². The van der Waals surface area contributed by atoms with Crippen LogP contribution in [0.1, 0.15) is 28.6 Å². The average Bonchev–Trinajstić information content (AvgIpc) is 2.43. The highest BCUT2D eigenvalue weighted by molar-refractivity contribution is 6.30. The highest BCUT2D eigenvalue weighted by Crippen LogP contribution is 2.15. The number of benzene rings is 1. The number of nitrogens with zero attached hydrogens (tertiary/aromatic N) is 1. The molecule has 0 aliphatic rings. The fourth-order valence-electron chi connectivity index (χ4n) is 1.81. The van der Waals surface area contributed by atoms with Crippen LogP contribution in [0.2, 0.25) is 5.02 Å². The van der Waals surface area contributed by atoms with Gasteiger partial charge in [-0.25, -0.2) is 10.2 Å². The third-order valence-corrected chi connectivity index (χ3v) is 3.06. The molecule has 114 valence electrons. The third kappa shape index (κ3) is 3.53. The van der Waals surface area contributed by atoms with Crippen LogP contribution in [0.3, 0.4) is 0 Å². The van der Waals surface area contributed by atoms with E-state index in [0.717, 1.165) is 0 Å². The first kappa shape index (κ1) is 15.8. The van der Waals surface area contributed by atoms with Crippen molar-refractivity contribution < 1.29 is 14.3 Å².